The van der Waals surface area contributed by atoms with E-state index in [2.05, 4.69) is 0 Å². The van der Waals surface area contributed by atoms with Gasteiger partial charge in [-0.3, -0.25) is 4.79 Å². The molecule has 2 N–H and O–H groups in total. The lowest BCUT2D eigenvalue weighted by Gasteiger charge is -2.04. The minimum absolute atomic E-state index is 0.292. The van der Waals surface area contributed by atoms with E-state index >= 15 is 0 Å². The second kappa shape index (κ2) is 4.77. The molecule has 0 unspecified atom stereocenters. The zero-order valence-electron chi connectivity index (χ0n) is 7.78. The Bertz CT molecular complexity index is 517. The molecule has 1 aromatic carbocycles. The molecule has 0 aromatic heterocycles. The highest BCUT2D eigenvalue weighted by molar-refractivity contribution is 7.89. The molecular weight excluding hydrogens is 261 g/mol. The van der Waals surface area contributed by atoms with Crippen LogP contribution in [0.1, 0.15) is 0 Å². The van der Waals surface area contributed by atoms with Crippen molar-refractivity contribution >= 4 is 27.6 Å². The zero-order valence-corrected chi connectivity index (χ0v) is 9.35. The van der Waals surface area contributed by atoms with E-state index in [1.54, 1.807) is 0 Å². The van der Waals surface area contributed by atoms with Crippen molar-refractivity contribution in [2.24, 2.45) is 0 Å². The summed E-state index contributed by atoms with van der Waals surface area (Å²) in [4.78, 5) is 9.89. The number of halogens is 2. The largest absolute Gasteiger partial charge is 0.480 e. The molecular formula is C8H7ClFNO4S. The Hall–Kier alpha value is -1.18. The normalized spacial score (nSPS) is 11.4. The third-order valence-corrected chi connectivity index (χ3v) is 3.30. The lowest BCUT2D eigenvalue weighted by molar-refractivity contribution is -0.135. The number of hydrogen-bond donors (Lipinski definition) is 2. The highest BCUT2D eigenvalue weighted by atomic mass is 35.5. The van der Waals surface area contributed by atoms with Crippen molar-refractivity contribution in [2.75, 3.05) is 6.54 Å². The number of hydrogen-bond acceptors (Lipinski definition) is 3. The van der Waals surface area contributed by atoms with Gasteiger partial charge in [-0.1, -0.05) is 11.6 Å². The number of benzene rings is 1. The van der Waals surface area contributed by atoms with E-state index in [0.717, 1.165) is 18.2 Å². The van der Waals surface area contributed by atoms with Gasteiger partial charge < -0.3 is 5.11 Å². The van der Waals surface area contributed by atoms with Gasteiger partial charge in [-0.2, -0.15) is 4.72 Å². The van der Waals surface area contributed by atoms with Crippen LogP contribution in [0.25, 0.3) is 0 Å². The van der Waals surface area contributed by atoms with Gasteiger partial charge in [0.2, 0.25) is 10.0 Å². The van der Waals surface area contributed by atoms with Crippen LogP contribution in [0.3, 0.4) is 0 Å². The van der Waals surface area contributed by atoms with Crippen molar-refractivity contribution in [2.45, 2.75) is 4.90 Å². The maximum absolute atomic E-state index is 12.8. The first-order valence-electron chi connectivity index (χ1n) is 3.99. The Labute approximate surface area is 95.9 Å². The fourth-order valence-electron chi connectivity index (χ4n) is 0.884. The number of carboxylic acid groups (broad SMARTS) is 1. The van der Waals surface area contributed by atoms with Crippen LogP contribution in [-0.2, 0) is 14.8 Å². The summed E-state index contributed by atoms with van der Waals surface area (Å²) in [6, 6.07) is 2.78. The minimum Gasteiger partial charge on any atom is -0.480 e. The first-order chi connectivity index (χ1) is 7.33. The Kier molecular flexibility index (Phi) is 3.84. The lowest BCUT2D eigenvalue weighted by atomic mass is 10.3. The molecule has 0 saturated heterocycles. The quantitative estimate of drug-likeness (QED) is 0.847. The van der Waals surface area contributed by atoms with E-state index < -0.39 is 28.4 Å². The van der Waals surface area contributed by atoms with Gasteiger partial charge in [0.1, 0.15) is 12.4 Å². The van der Waals surface area contributed by atoms with Crippen molar-refractivity contribution in [1.82, 2.24) is 4.72 Å². The molecule has 0 bridgehead atoms. The Morgan fingerprint density at radius 1 is 1.50 bits per heavy atom. The summed E-state index contributed by atoms with van der Waals surface area (Å²) in [5.74, 6) is -2.07. The molecule has 88 valence electrons. The maximum atomic E-state index is 12.8. The monoisotopic (exact) mass is 267 g/mol. The summed E-state index contributed by atoms with van der Waals surface area (Å²) in [7, 11) is -3.98. The van der Waals surface area contributed by atoms with Crippen LogP contribution in [0.2, 0.25) is 5.02 Å². The number of nitrogens with one attached hydrogen (secondary N) is 1. The average Bonchev–Trinajstić information content (AvgIpc) is 2.19. The highest BCUT2D eigenvalue weighted by Gasteiger charge is 2.16. The Morgan fingerprint density at radius 3 is 2.62 bits per heavy atom. The van der Waals surface area contributed by atoms with Crippen molar-refractivity contribution in [3.63, 3.8) is 0 Å². The van der Waals surface area contributed by atoms with Gasteiger partial charge in [-0.25, -0.2) is 12.8 Å². The standard InChI is InChI=1S/C8H7ClFNO4S/c9-6-3-5(1-2-7(6)10)16(14,15)11-4-8(12)13/h1-3,11H,4H2,(H,12,13). The molecule has 8 heteroatoms. The van der Waals surface area contributed by atoms with Gasteiger partial charge in [0.15, 0.2) is 0 Å². The molecule has 0 radical (unpaired) electrons. The van der Waals surface area contributed by atoms with E-state index in [9.17, 15) is 17.6 Å². The molecule has 16 heavy (non-hydrogen) atoms. The van der Waals surface area contributed by atoms with E-state index in [4.69, 9.17) is 16.7 Å². The van der Waals surface area contributed by atoms with E-state index in [1.807, 2.05) is 4.72 Å². The average molecular weight is 268 g/mol. The number of carboxylic acids is 1. The molecule has 5 nitrogen and oxygen atoms in total. The predicted molar refractivity (Wildman–Crippen MR) is 54.2 cm³/mol. The number of carbonyl (C=O) groups is 1. The summed E-state index contributed by atoms with van der Waals surface area (Å²) >= 11 is 5.40. The van der Waals surface area contributed by atoms with Crippen LogP contribution in [0, 0.1) is 5.82 Å². The molecule has 0 aliphatic carbocycles. The number of aliphatic carboxylic acids is 1. The van der Waals surface area contributed by atoms with E-state index in [0.29, 0.717) is 0 Å². The van der Waals surface area contributed by atoms with Gasteiger partial charge >= 0.3 is 5.97 Å². The summed E-state index contributed by atoms with van der Waals surface area (Å²) in [6.07, 6.45) is 0. The molecule has 0 heterocycles. The van der Waals surface area contributed by atoms with Gasteiger partial charge in [0.05, 0.1) is 9.92 Å². The van der Waals surface area contributed by atoms with Crippen molar-refractivity contribution in [1.29, 1.82) is 0 Å². The van der Waals surface area contributed by atoms with Crippen LogP contribution in [-0.4, -0.2) is 26.0 Å². The van der Waals surface area contributed by atoms with Crippen LogP contribution < -0.4 is 4.72 Å². The van der Waals surface area contributed by atoms with Gasteiger partial charge in [-0.15, -0.1) is 0 Å². The van der Waals surface area contributed by atoms with Crippen LogP contribution >= 0.6 is 11.6 Å². The summed E-state index contributed by atoms with van der Waals surface area (Å²) in [6.45, 7) is -0.753. The number of sulfonamides is 1. The first-order valence-corrected chi connectivity index (χ1v) is 5.85. The molecule has 0 spiro atoms. The van der Waals surface area contributed by atoms with Crippen molar-refractivity contribution < 1.29 is 22.7 Å². The van der Waals surface area contributed by atoms with Crippen LogP contribution in [0.4, 0.5) is 4.39 Å². The van der Waals surface area contributed by atoms with E-state index in [-0.39, 0.29) is 9.92 Å². The lowest BCUT2D eigenvalue weighted by Crippen LogP contribution is -2.29. The molecule has 0 saturated carbocycles. The first kappa shape index (κ1) is 12.9. The number of rotatable bonds is 4. The molecule has 1 rings (SSSR count). The second-order valence-corrected chi connectivity index (χ2v) is 4.97. The van der Waals surface area contributed by atoms with Crippen LogP contribution in [0.15, 0.2) is 23.1 Å². The fraction of sp³-hybridized carbons (Fsp3) is 0.125. The van der Waals surface area contributed by atoms with Gasteiger partial charge in [-0.05, 0) is 18.2 Å². The third-order valence-electron chi connectivity index (χ3n) is 1.61. The summed E-state index contributed by atoms with van der Waals surface area (Å²) < 4.78 is 37.5. The molecule has 0 amide bonds. The fourth-order valence-corrected chi connectivity index (χ4v) is 2.13. The Morgan fingerprint density at radius 2 is 2.12 bits per heavy atom. The summed E-state index contributed by atoms with van der Waals surface area (Å²) in [5.41, 5.74) is 0. The molecule has 0 atom stereocenters. The SMILES string of the molecule is O=C(O)CNS(=O)(=O)c1ccc(F)c(Cl)c1. The predicted octanol–water partition coefficient (Wildman–Crippen LogP) is 0.842. The Balaban J connectivity index is 2.99. The van der Waals surface area contributed by atoms with E-state index in [1.165, 1.54) is 0 Å². The smallest absolute Gasteiger partial charge is 0.318 e. The molecule has 0 aliphatic rings. The summed E-state index contributed by atoms with van der Waals surface area (Å²) in [5, 5.41) is 7.96. The maximum Gasteiger partial charge on any atom is 0.318 e. The second-order valence-electron chi connectivity index (χ2n) is 2.79. The van der Waals surface area contributed by atoms with Crippen molar-refractivity contribution in [3.05, 3.63) is 29.0 Å². The minimum atomic E-state index is -3.98. The molecule has 0 aliphatic heterocycles. The van der Waals surface area contributed by atoms with Gasteiger partial charge in [0, 0.05) is 0 Å². The molecule has 1 aromatic rings. The highest BCUT2D eigenvalue weighted by Crippen LogP contribution is 2.18. The zero-order chi connectivity index (χ0) is 12.3. The topological polar surface area (TPSA) is 83.5 Å². The van der Waals surface area contributed by atoms with Crippen LogP contribution in [0.5, 0.6) is 0 Å². The van der Waals surface area contributed by atoms with Crippen molar-refractivity contribution in [3.8, 4) is 0 Å². The van der Waals surface area contributed by atoms with Gasteiger partial charge in [0.25, 0.3) is 0 Å². The molecule has 0 fully saturated rings. The third kappa shape index (κ3) is 3.16.